The summed E-state index contributed by atoms with van der Waals surface area (Å²) in [4.78, 5) is 19.7. The van der Waals surface area contributed by atoms with Crippen molar-refractivity contribution in [2.24, 2.45) is 33.9 Å². The second-order valence-electron chi connectivity index (χ2n) is 19.0. The fourth-order valence-corrected chi connectivity index (χ4v) is 14.5. The largest absolute Gasteiger partial charge is 0.508 e. The van der Waals surface area contributed by atoms with E-state index in [0.29, 0.717) is 53.6 Å². The van der Waals surface area contributed by atoms with E-state index in [1.807, 2.05) is 31.3 Å². The minimum absolute atomic E-state index is 0.0203. The lowest BCUT2D eigenvalue weighted by molar-refractivity contribution is -0.888. The molecule has 0 amide bonds. The van der Waals surface area contributed by atoms with Crippen molar-refractivity contribution in [2.45, 2.75) is 106 Å². The van der Waals surface area contributed by atoms with Crippen LogP contribution in [0.25, 0.3) is 0 Å². The lowest BCUT2D eigenvalue weighted by Crippen LogP contribution is -3.13. The molecule has 2 aromatic carbocycles. The zero-order chi connectivity index (χ0) is 43.2. The van der Waals surface area contributed by atoms with E-state index in [4.69, 9.17) is 20.2 Å². The lowest BCUT2D eigenvalue weighted by atomic mass is 9.64. The lowest BCUT2D eigenvalue weighted by Gasteiger charge is -2.45. The predicted octanol–water partition coefficient (Wildman–Crippen LogP) is 4.67. The fraction of sp³-hybridized carbons (Fsp3) is 0.480. The van der Waals surface area contributed by atoms with Gasteiger partial charge in [-0.3, -0.25) is 20.0 Å². The molecule has 13 heteroatoms. The molecular weight excluding hydrogens is 833 g/mol. The molecule has 8 N–H and O–H groups in total. The van der Waals surface area contributed by atoms with Gasteiger partial charge in [-0.15, -0.1) is 0 Å². The van der Waals surface area contributed by atoms with Gasteiger partial charge in [-0.2, -0.15) is 0 Å². The number of ketones is 1. The molecule has 0 aromatic heterocycles. The number of hydrogen-bond donors (Lipinski definition) is 7. The number of aliphatic hydroxyl groups excluding tert-OH is 3. The van der Waals surface area contributed by atoms with Gasteiger partial charge in [0, 0.05) is 71.5 Å². The SMILES string of the molecule is C[C@@H]1C=C[C@@H]([C@@H](O)CC(=O)CCc2c(O)cc3c4c2CSSC[C@@]25C=C[C@@H]6C7=CN=C8C[NH+](C=C78)[C@@H](O4)[C@@H](C#C[C@H](O)c4ccc(c2c46)[C@H](N)NC5)C2(C#CO3)CCCC2)[C@H](O)C1. The molecule has 11 aliphatic rings. The number of phenolic OH excluding ortho intramolecular Hbond substituents is 1. The number of aliphatic imine (C=N–C) groups is 1. The Morgan fingerprint density at radius 1 is 1.14 bits per heavy atom. The van der Waals surface area contributed by atoms with Crippen LogP contribution in [0.5, 0.6) is 17.2 Å². The number of allylic oxidation sites excluding steroid dienone is 3. The highest BCUT2D eigenvalue weighted by molar-refractivity contribution is 8.76. The summed E-state index contributed by atoms with van der Waals surface area (Å²) in [7, 11) is 3.37. The van der Waals surface area contributed by atoms with Crippen LogP contribution in [0.3, 0.4) is 0 Å². The van der Waals surface area contributed by atoms with Crippen LogP contribution in [0.2, 0.25) is 0 Å². The first kappa shape index (κ1) is 41.4. The van der Waals surface area contributed by atoms with Crippen LogP contribution in [-0.4, -0.2) is 69.2 Å². The van der Waals surface area contributed by atoms with Crippen LogP contribution in [0.4, 0.5) is 0 Å². The van der Waals surface area contributed by atoms with Gasteiger partial charge >= 0.3 is 0 Å². The third kappa shape index (κ3) is 6.94. The topological polar surface area (TPSA) is 171 Å². The number of nitrogens with zero attached hydrogens (tertiary/aromatic N) is 1. The molecule has 8 aliphatic heterocycles. The highest BCUT2D eigenvalue weighted by Gasteiger charge is 2.53. The molecule has 11 nitrogen and oxygen atoms in total. The number of hydrogen-bond acceptors (Lipinski definition) is 12. The van der Waals surface area contributed by atoms with Gasteiger partial charge in [-0.1, -0.05) is 95.6 Å². The molecule has 3 aliphatic carbocycles. The van der Waals surface area contributed by atoms with Gasteiger partial charge in [0.15, 0.2) is 11.5 Å². The highest BCUT2D eigenvalue weighted by atomic mass is 33.1. The number of quaternary nitrogens is 1. The molecule has 8 heterocycles. The van der Waals surface area contributed by atoms with Crippen LogP contribution in [0.15, 0.2) is 71.0 Å². The minimum Gasteiger partial charge on any atom is -0.508 e. The quantitative estimate of drug-likeness (QED) is 0.122. The molecule has 1 fully saturated rings. The number of Topliss-reactive ketones (excluding diaryl/α,β-unsaturated/α-hetero) is 1. The Kier molecular flexibility index (Phi) is 10.5. The van der Waals surface area contributed by atoms with E-state index in [9.17, 15) is 25.2 Å². The first-order valence-corrected chi connectivity index (χ1v) is 24.9. The maximum atomic E-state index is 13.7. The summed E-state index contributed by atoms with van der Waals surface area (Å²) < 4.78 is 13.8. The average molecular weight is 886 g/mol. The summed E-state index contributed by atoms with van der Waals surface area (Å²) in [6.45, 7) is 3.18. The van der Waals surface area contributed by atoms with Gasteiger partial charge in [0.1, 0.15) is 48.1 Å². The summed E-state index contributed by atoms with van der Waals surface area (Å²) in [6.07, 6.45) is 16.1. The van der Waals surface area contributed by atoms with Crippen LogP contribution in [0.1, 0.15) is 103 Å². The molecular formula is C50H53N4O7S2+. The summed E-state index contributed by atoms with van der Waals surface area (Å²) >= 11 is 0. The Morgan fingerprint density at radius 2 is 1.98 bits per heavy atom. The Hall–Kier alpha value is -4.28. The monoisotopic (exact) mass is 885 g/mol. The van der Waals surface area contributed by atoms with Crippen molar-refractivity contribution in [3.63, 3.8) is 0 Å². The number of aromatic hydroxyl groups is 1. The number of nitrogens with two attached hydrogens (primary N) is 1. The van der Waals surface area contributed by atoms with E-state index in [1.165, 1.54) is 0 Å². The zero-order valence-corrected chi connectivity index (χ0v) is 36.9. The van der Waals surface area contributed by atoms with E-state index < -0.39 is 47.2 Å². The van der Waals surface area contributed by atoms with Gasteiger partial charge in [-0.25, -0.2) is 0 Å². The Labute approximate surface area is 375 Å². The molecule has 2 aromatic rings. The fourth-order valence-electron chi connectivity index (χ4n) is 11.8. The predicted molar refractivity (Wildman–Crippen MR) is 243 cm³/mol. The van der Waals surface area contributed by atoms with Crippen molar-refractivity contribution in [1.29, 1.82) is 0 Å². The molecule has 1 saturated carbocycles. The Bertz CT molecular complexity index is 2570. The van der Waals surface area contributed by atoms with Crippen molar-refractivity contribution in [3.8, 4) is 41.1 Å². The number of benzene rings is 2. The normalized spacial score (nSPS) is 34.0. The first-order chi connectivity index (χ1) is 30.5. The molecule has 13 rings (SSSR count). The second kappa shape index (κ2) is 16.0. The Morgan fingerprint density at radius 3 is 2.83 bits per heavy atom. The summed E-state index contributed by atoms with van der Waals surface area (Å²) in [5.41, 5.74) is 14.2. The van der Waals surface area contributed by atoms with Crippen molar-refractivity contribution in [3.05, 3.63) is 99.4 Å². The maximum Gasteiger partial charge on any atom is 0.252 e. The van der Waals surface area contributed by atoms with Gasteiger partial charge in [0.05, 0.1) is 29.4 Å². The van der Waals surface area contributed by atoms with E-state index in [-0.39, 0.29) is 48.8 Å². The van der Waals surface area contributed by atoms with Crippen LogP contribution >= 0.6 is 21.6 Å². The van der Waals surface area contributed by atoms with Crippen molar-refractivity contribution >= 4 is 33.1 Å². The first-order valence-electron chi connectivity index (χ1n) is 22.5. The average Bonchev–Trinajstić information content (AvgIpc) is 4.01. The Balaban J connectivity index is 1.07. The molecule has 2 spiro atoms. The van der Waals surface area contributed by atoms with E-state index >= 15 is 0 Å². The van der Waals surface area contributed by atoms with Gasteiger partial charge in [0.25, 0.3) is 6.23 Å². The van der Waals surface area contributed by atoms with Crippen molar-refractivity contribution in [2.75, 3.05) is 18.8 Å². The van der Waals surface area contributed by atoms with Gasteiger partial charge in [0.2, 0.25) is 0 Å². The molecule has 11 atom stereocenters. The zero-order valence-electron chi connectivity index (χ0n) is 35.2. The number of ether oxygens (including phenoxy) is 2. The minimum atomic E-state index is -1.10. The third-order valence-electron chi connectivity index (χ3n) is 15.2. The van der Waals surface area contributed by atoms with Crippen molar-refractivity contribution < 1.29 is 39.6 Å². The van der Waals surface area contributed by atoms with Crippen LogP contribution < -0.4 is 25.4 Å². The standard InChI is InChI=1S/C50H52N4O7S2/c1-27-4-6-31(40(57)18-27)41(58)19-28(55)5-7-29-36-24-62-63-26-50-15-12-30-34-21-52-38-23-54(22-35(34)38)48-37(10-11-39(56)32-8-9-33(45(50)44(30)32)47(51)53-25-50)49(13-2-3-14-49)16-17-60-43(20-42(29)59)46(36)61-48/h4,6,8-9,12,15,20-22,27,30-31,37,39-41,47-48,53,56-59H,2-3,5,7,13-14,18-19,23-26,51H2,1H3/p+1/t27-,30-,31-,37-,39+,40-,41+,47-,48+,50+/m1/s1. The summed E-state index contributed by atoms with van der Waals surface area (Å²) in [5, 5.41) is 49.7. The van der Waals surface area contributed by atoms with Crippen molar-refractivity contribution in [1.82, 2.24) is 5.32 Å². The van der Waals surface area contributed by atoms with E-state index in [1.54, 1.807) is 27.7 Å². The molecule has 10 bridgehead atoms. The number of fused-ring (bicyclic) bond motifs is 1. The number of nitrogens with one attached hydrogen (secondary N) is 2. The molecule has 326 valence electrons. The van der Waals surface area contributed by atoms with Gasteiger partial charge in [-0.05, 0) is 59.4 Å². The third-order valence-corrected chi connectivity index (χ3v) is 17.6. The number of phenols is 1. The molecule has 0 saturated heterocycles. The molecule has 63 heavy (non-hydrogen) atoms. The summed E-state index contributed by atoms with van der Waals surface area (Å²) in [6, 6.07) is 5.64. The number of carbonyl (C=O) groups is 1. The van der Waals surface area contributed by atoms with Crippen LogP contribution in [0, 0.1) is 47.0 Å². The van der Waals surface area contributed by atoms with E-state index in [0.717, 1.165) is 69.7 Å². The second-order valence-corrected chi connectivity index (χ2v) is 21.5. The number of aliphatic hydroxyl groups is 3. The van der Waals surface area contributed by atoms with Crippen LogP contribution in [-0.2, 0) is 22.4 Å². The number of carbonyl (C=O) groups excluding carboxylic acids is 1. The number of rotatable bonds is 6. The molecule has 1 unspecified atom stereocenters. The highest BCUT2D eigenvalue weighted by Crippen LogP contribution is 2.54. The summed E-state index contributed by atoms with van der Waals surface area (Å²) in [5.74, 6) is 11.3. The smallest absolute Gasteiger partial charge is 0.252 e. The maximum absolute atomic E-state index is 13.7. The van der Waals surface area contributed by atoms with Gasteiger partial charge < -0.3 is 35.6 Å². The van der Waals surface area contributed by atoms with E-state index in [2.05, 4.69) is 53.6 Å². The molecule has 0 radical (unpaired) electrons.